The standard InChI is InChI=1S/C6H3ClNSSe/c7-4-1-2-5-6(3-4)9-10-8-5/h1-3H/q+1. The van der Waals surface area contributed by atoms with E-state index < -0.39 is 0 Å². The van der Waals surface area contributed by atoms with E-state index >= 15 is 0 Å². The van der Waals surface area contributed by atoms with Crippen LogP contribution in [0.25, 0.3) is 10.2 Å². The number of benzene rings is 1. The summed E-state index contributed by atoms with van der Waals surface area (Å²) in [5.41, 5.74) is 1.11. The van der Waals surface area contributed by atoms with Crippen LogP contribution in [-0.2, 0) is 0 Å². The molecule has 0 aliphatic carbocycles. The van der Waals surface area contributed by atoms with Crippen molar-refractivity contribution in [2.45, 2.75) is 0 Å². The molecular weight excluding hydrogens is 233 g/mol. The molecule has 0 fully saturated rings. The molecule has 0 aliphatic heterocycles. The topological polar surface area (TPSA) is 12.9 Å². The van der Waals surface area contributed by atoms with Crippen LogP contribution >= 0.6 is 21.3 Å². The van der Waals surface area contributed by atoms with Crippen LogP contribution in [0.2, 0.25) is 5.02 Å². The minimum atomic E-state index is 0.354. The Bertz CT molecular complexity index is 359. The van der Waals surface area contributed by atoms with E-state index in [1.54, 1.807) is 9.72 Å². The van der Waals surface area contributed by atoms with Crippen molar-refractivity contribution in [3.05, 3.63) is 23.2 Å². The fourth-order valence-electron chi connectivity index (χ4n) is 0.729. The van der Waals surface area contributed by atoms with Crippen molar-refractivity contribution in [2.24, 2.45) is 0 Å². The van der Waals surface area contributed by atoms with E-state index in [4.69, 9.17) is 11.6 Å². The molecule has 0 N–H and O–H groups in total. The van der Waals surface area contributed by atoms with Crippen LogP contribution in [0.4, 0.5) is 0 Å². The molecule has 0 radical (unpaired) electrons. The summed E-state index contributed by atoms with van der Waals surface area (Å²) in [5.74, 6) is 0. The zero-order valence-corrected chi connectivity index (χ0v) is 8.16. The van der Waals surface area contributed by atoms with Gasteiger partial charge in [0.15, 0.2) is 0 Å². The van der Waals surface area contributed by atoms with Crippen LogP contribution in [-0.4, -0.2) is 17.6 Å². The molecule has 0 spiro atoms. The summed E-state index contributed by atoms with van der Waals surface area (Å²) in [5, 5.41) is 0.805. The predicted molar refractivity (Wildman–Crippen MR) is 46.0 cm³/mol. The molecule has 4 heteroatoms. The molecule has 10 heavy (non-hydrogen) atoms. The van der Waals surface area contributed by atoms with Gasteiger partial charge in [-0.15, -0.1) is 0 Å². The number of hydrogen-bond donors (Lipinski definition) is 0. The van der Waals surface area contributed by atoms with Crippen LogP contribution in [0.3, 0.4) is 0 Å². The quantitative estimate of drug-likeness (QED) is 0.504. The van der Waals surface area contributed by atoms with Gasteiger partial charge in [-0.2, -0.15) is 0 Å². The second kappa shape index (κ2) is 2.59. The maximum atomic E-state index is 5.78. The molecule has 0 aliphatic rings. The first-order valence-corrected chi connectivity index (χ1v) is 6.69. The summed E-state index contributed by atoms with van der Waals surface area (Å²) in [4.78, 5) is 0. The van der Waals surface area contributed by atoms with E-state index in [-0.39, 0.29) is 0 Å². The van der Waals surface area contributed by atoms with Crippen LogP contribution in [0.1, 0.15) is 0 Å². The number of rotatable bonds is 0. The van der Waals surface area contributed by atoms with Crippen LogP contribution < -0.4 is 0 Å². The number of nitrogens with zero attached hydrogens (tertiary/aromatic N) is 1. The zero-order chi connectivity index (χ0) is 6.97. The minimum absolute atomic E-state index is 0.354. The Kier molecular flexibility index (Phi) is 1.75. The molecule has 0 bridgehead atoms. The van der Waals surface area contributed by atoms with E-state index in [0.717, 1.165) is 10.5 Å². The number of hydrogen-bond acceptors (Lipinski definition) is 1. The first kappa shape index (κ1) is 6.74. The maximum absolute atomic E-state index is 5.78. The Morgan fingerprint density at radius 3 is 3.30 bits per heavy atom. The van der Waals surface area contributed by atoms with Crippen molar-refractivity contribution in [2.75, 3.05) is 0 Å². The van der Waals surface area contributed by atoms with Crippen molar-refractivity contribution in [1.82, 2.24) is 3.98 Å². The van der Waals surface area contributed by atoms with Crippen LogP contribution in [0, 0.1) is 0 Å². The van der Waals surface area contributed by atoms with E-state index in [1.165, 1.54) is 4.70 Å². The van der Waals surface area contributed by atoms with E-state index in [9.17, 15) is 0 Å². The molecule has 0 atom stereocenters. The van der Waals surface area contributed by atoms with Crippen LogP contribution in [0.5, 0.6) is 0 Å². The summed E-state index contributed by atoms with van der Waals surface area (Å²) in [7, 11) is 1.79. The van der Waals surface area contributed by atoms with Crippen molar-refractivity contribution < 1.29 is 0 Å². The van der Waals surface area contributed by atoms with Crippen LogP contribution in [0.15, 0.2) is 18.2 Å². The SMILES string of the molecule is Clc1ccc2n[se][s+]c2c1. The molecule has 1 heterocycles. The molecule has 1 aromatic heterocycles. The molecule has 50 valence electrons. The monoisotopic (exact) mass is 236 g/mol. The van der Waals surface area contributed by atoms with Gasteiger partial charge in [0.25, 0.3) is 0 Å². The molecule has 0 unspecified atom stereocenters. The fourth-order valence-corrected chi connectivity index (χ4v) is 4.09. The molecule has 0 amide bonds. The van der Waals surface area contributed by atoms with Gasteiger partial charge in [0.1, 0.15) is 0 Å². The zero-order valence-electron chi connectivity index (χ0n) is 4.87. The Morgan fingerprint density at radius 2 is 2.40 bits per heavy atom. The molecule has 0 saturated heterocycles. The van der Waals surface area contributed by atoms with E-state index in [0.29, 0.717) is 13.6 Å². The molecular formula is C6H3ClNSSe+. The molecule has 1 nitrogen and oxygen atoms in total. The Hall–Kier alpha value is 0.0495. The van der Waals surface area contributed by atoms with Crippen molar-refractivity contribution >= 4 is 45.1 Å². The third kappa shape index (κ3) is 1.10. The predicted octanol–water partition coefficient (Wildman–Crippen LogP) is 2.29. The van der Waals surface area contributed by atoms with E-state index in [2.05, 4.69) is 3.98 Å². The number of aromatic nitrogens is 1. The summed E-state index contributed by atoms with van der Waals surface area (Å²) < 4.78 is 5.54. The average molecular weight is 236 g/mol. The Morgan fingerprint density at radius 1 is 1.50 bits per heavy atom. The van der Waals surface area contributed by atoms with Gasteiger partial charge in [-0.05, 0) is 0 Å². The van der Waals surface area contributed by atoms with Gasteiger partial charge in [-0.25, -0.2) is 0 Å². The number of fused-ring (bicyclic) bond motifs is 1. The molecule has 0 saturated carbocycles. The first-order valence-electron chi connectivity index (χ1n) is 2.70. The summed E-state index contributed by atoms with van der Waals surface area (Å²) in [6.07, 6.45) is 0. The molecule has 1 aromatic carbocycles. The second-order valence-electron chi connectivity index (χ2n) is 1.86. The number of halogens is 1. The van der Waals surface area contributed by atoms with E-state index in [1.807, 2.05) is 18.2 Å². The third-order valence-corrected chi connectivity index (χ3v) is 4.56. The third-order valence-electron chi connectivity index (χ3n) is 1.18. The average Bonchev–Trinajstić information content (AvgIpc) is 2.33. The van der Waals surface area contributed by atoms with Crippen molar-refractivity contribution in [3.63, 3.8) is 0 Å². The molecule has 2 aromatic rings. The normalized spacial score (nSPS) is 10.5. The second-order valence-corrected chi connectivity index (χ2v) is 5.42. The summed E-state index contributed by atoms with van der Waals surface area (Å²) in [6, 6.07) is 5.82. The Balaban J connectivity index is 2.86. The van der Waals surface area contributed by atoms with Gasteiger partial charge in [0, 0.05) is 0 Å². The fraction of sp³-hybridized carbons (Fsp3) is 0. The summed E-state index contributed by atoms with van der Waals surface area (Å²) in [6.45, 7) is 0. The van der Waals surface area contributed by atoms with Gasteiger partial charge in [-0.1, -0.05) is 0 Å². The van der Waals surface area contributed by atoms with Gasteiger partial charge >= 0.3 is 72.3 Å². The van der Waals surface area contributed by atoms with Gasteiger partial charge in [-0.3, -0.25) is 0 Å². The summed E-state index contributed by atoms with van der Waals surface area (Å²) >= 11 is 6.13. The molecule has 2 rings (SSSR count). The van der Waals surface area contributed by atoms with Gasteiger partial charge in [0.2, 0.25) is 0 Å². The van der Waals surface area contributed by atoms with Crippen molar-refractivity contribution in [1.29, 1.82) is 0 Å². The Labute approximate surface area is 72.3 Å². The van der Waals surface area contributed by atoms with Gasteiger partial charge in [0.05, 0.1) is 0 Å². The van der Waals surface area contributed by atoms with Crippen molar-refractivity contribution in [3.8, 4) is 0 Å². The van der Waals surface area contributed by atoms with Gasteiger partial charge < -0.3 is 0 Å². The first-order chi connectivity index (χ1) is 4.86.